The molecule has 0 N–H and O–H groups in total. The molecule has 0 aliphatic rings. The van der Waals surface area contributed by atoms with Crippen LogP contribution in [-0.2, 0) is 9.53 Å². The van der Waals surface area contributed by atoms with Crippen LogP contribution in [0.25, 0.3) is 0 Å². The van der Waals surface area contributed by atoms with E-state index in [1.807, 2.05) is 0 Å². The number of hydrogen-bond donors (Lipinski definition) is 0. The van der Waals surface area contributed by atoms with Crippen molar-refractivity contribution in [3.8, 4) is 5.75 Å². The van der Waals surface area contributed by atoms with E-state index in [1.54, 1.807) is 0 Å². The lowest BCUT2D eigenvalue weighted by molar-refractivity contribution is -0.203. The number of methoxy groups -OCH3 is 1. The third-order valence-corrected chi connectivity index (χ3v) is 4.44. The molecule has 0 fully saturated rings. The minimum atomic E-state index is -5.22. The van der Waals surface area contributed by atoms with E-state index in [4.69, 9.17) is 51.1 Å². The van der Waals surface area contributed by atoms with Crippen LogP contribution in [0.2, 0.25) is 20.1 Å². The van der Waals surface area contributed by atoms with Gasteiger partial charge in [-0.2, -0.15) is 13.2 Å². The lowest BCUT2D eigenvalue weighted by atomic mass is 10.0. The van der Waals surface area contributed by atoms with Crippen LogP contribution < -0.4 is 4.74 Å². The summed E-state index contributed by atoms with van der Waals surface area (Å²) in [5.41, 5.74) is -0.0430. The molecule has 0 heterocycles. The van der Waals surface area contributed by atoms with Crippen LogP contribution in [0.4, 0.5) is 13.2 Å². The molecule has 2 rings (SSSR count). The van der Waals surface area contributed by atoms with Crippen molar-refractivity contribution in [2.75, 3.05) is 7.11 Å². The van der Waals surface area contributed by atoms with Crippen molar-refractivity contribution in [1.29, 1.82) is 0 Å². The Labute approximate surface area is 166 Å². The summed E-state index contributed by atoms with van der Waals surface area (Å²) >= 11 is 24.1. The van der Waals surface area contributed by atoms with Crippen molar-refractivity contribution in [2.45, 2.75) is 12.3 Å². The third-order valence-electron chi connectivity index (χ3n) is 3.25. The van der Waals surface area contributed by atoms with E-state index in [1.165, 1.54) is 37.4 Å². The minimum absolute atomic E-state index is 0.0274. The van der Waals surface area contributed by atoms with E-state index >= 15 is 0 Å². The predicted molar refractivity (Wildman–Crippen MR) is 93.5 cm³/mol. The Morgan fingerprint density at radius 2 is 1.58 bits per heavy atom. The Hall–Kier alpha value is -1.34. The highest BCUT2D eigenvalue weighted by molar-refractivity contribution is 6.37. The number of rotatable bonds is 4. The SMILES string of the molecule is COc1cc(Cl)c(C(OC(=O)C(F)(F)F)c2ccc(Cl)cc2Cl)c(Cl)c1. The number of ether oxygens (including phenoxy) is 2. The molecule has 0 saturated heterocycles. The van der Waals surface area contributed by atoms with E-state index in [0.717, 1.165) is 0 Å². The van der Waals surface area contributed by atoms with Crippen LogP contribution in [0.15, 0.2) is 30.3 Å². The van der Waals surface area contributed by atoms with Gasteiger partial charge >= 0.3 is 12.1 Å². The zero-order valence-corrected chi connectivity index (χ0v) is 15.9. The largest absolute Gasteiger partial charge is 0.497 e. The smallest absolute Gasteiger partial charge is 0.490 e. The third kappa shape index (κ3) is 4.68. The first kappa shape index (κ1) is 21.0. The number of halogens is 7. The molecule has 1 atom stereocenters. The fraction of sp³-hybridized carbons (Fsp3) is 0.188. The fourth-order valence-corrected chi connectivity index (χ4v) is 3.27. The molecule has 0 aliphatic carbocycles. The molecule has 1 unspecified atom stereocenters. The van der Waals surface area contributed by atoms with E-state index in [9.17, 15) is 18.0 Å². The summed E-state index contributed by atoms with van der Waals surface area (Å²) in [6.45, 7) is 0. The molecule has 3 nitrogen and oxygen atoms in total. The number of hydrogen-bond acceptors (Lipinski definition) is 3. The minimum Gasteiger partial charge on any atom is -0.497 e. The molecule has 10 heteroatoms. The Balaban J connectivity index is 2.63. The second-order valence-corrected chi connectivity index (χ2v) is 6.61. The van der Waals surface area contributed by atoms with Crippen molar-refractivity contribution in [3.05, 3.63) is 61.5 Å². The Kier molecular flexibility index (Phi) is 6.55. The van der Waals surface area contributed by atoms with E-state index in [0.29, 0.717) is 0 Å². The molecular weight excluding hydrogens is 439 g/mol. The average molecular weight is 448 g/mol. The summed E-state index contributed by atoms with van der Waals surface area (Å²) in [7, 11) is 1.36. The monoisotopic (exact) mass is 446 g/mol. The van der Waals surface area contributed by atoms with Gasteiger partial charge in [0.15, 0.2) is 6.10 Å². The van der Waals surface area contributed by atoms with Crippen molar-refractivity contribution >= 4 is 52.4 Å². The fourth-order valence-electron chi connectivity index (χ4n) is 2.10. The molecule has 0 bridgehead atoms. The summed E-state index contributed by atoms with van der Waals surface area (Å²) in [6.07, 6.45) is -6.83. The molecule has 2 aromatic carbocycles. The molecule has 2 aromatic rings. The normalized spacial score (nSPS) is 12.6. The lowest BCUT2D eigenvalue weighted by Gasteiger charge is -2.23. The summed E-state index contributed by atoms with van der Waals surface area (Å²) < 4.78 is 47.8. The molecule has 0 saturated carbocycles. The van der Waals surface area contributed by atoms with Gasteiger partial charge in [0.25, 0.3) is 0 Å². The molecule has 140 valence electrons. The Morgan fingerprint density at radius 3 is 2.04 bits per heavy atom. The van der Waals surface area contributed by atoms with E-state index in [-0.39, 0.29) is 37.0 Å². The number of esters is 1. The van der Waals surface area contributed by atoms with Gasteiger partial charge in [0.05, 0.1) is 17.2 Å². The van der Waals surface area contributed by atoms with Crippen LogP contribution in [-0.4, -0.2) is 19.3 Å². The summed E-state index contributed by atoms with van der Waals surface area (Å²) in [6, 6.07) is 6.62. The van der Waals surface area contributed by atoms with Gasteiger partial charge in [0.1, 0.15) is 5.75 Å². The summed E-state index contributed by atoms with van der Waals surface area (Å²) in [5.74, 6) is -2.15. The molecule has 0 aromatic heterocycles. The van der Waals surface area contributed by atoms with Gasteiger partial charge in [-0.15, -0.1) is 0 Å². The molecule has 0 spiro atoms. The van der Waals surface area contributed by atoms with Crippen molar-refractivity contribution in [1.82, 2.24) is 0 Å². The number of carbonyl (C=O) groups excluding carboxylic acids is 1. The van der Waals surface area contributed by atoms with Gasteiger partial charge in [-0.3, -0.25) is 0 Å². The number of carbonyl (C=O) groups is 1. The molecular formula is C16H9Cl4F3O3. The first-order valence-corrected chi connectivity index (χ1v) is 8.31. The van der Waals surface area contributed by atoms with Gasteiger partial charge in [0.2, 0.25) is 0 Å². The molecule has 26 heavy (non-hydrogen) atoms. The highest BCUT2D eigenvalue weighted by Gasteiger charge is 2.43. The average Bonchev–Trinajstić information content (AvgIpc) is 2.52. The van der Waals surface area contributed by atoms with Crippen LogP contribution in [0.5, 0.6) is 5.75 Å². The molecule has 0 amide bonds. The van der Waals surface area contributed by atoms with Crippen LogP contribution in [0.1, 0.15) is 17.2 Å². The second kappa shape index (κ2) is 8.13. The standard InChI is InChI=1S/C16H9Cl4F3O3/c1-25-8-5-11(19)13(12(20)6-8)14(26-15(24)16(21,22)23)9-3-2-7(17)4-10(9)18/h2-6,14H,1H3. The first-order chi connectivity index (χ1) is 12.0. The van der Waals surface area contributed by atoms with Gasteiger partial charge in [-0.1, -0.05) is 52.5 Å². The van der Waals surface area contributed by atoms with Crippen molar-refractivity contribution in [2.24, 2.45) is 0 Å². The van der Waals surface area contributed by atoms with E-state index < -0.39 is 18.2 Å². The maximum absolute atomic E-state index is 12.7. The topological polar surface area (TPSA) is 35.5 Å². The lowest BCUT2D eigenvalue weighted by Crippen LogP contribution is -2.28. The maximum atomic E-state index is 12.7. The zero-order valence-electron chi connectivity index (χ0n) is 12.8. The van der Waals surface area contributed by atoms with Crippen LogP contribution in [0, 0.1) is 0 Å². The first-order valence-electron chi connectivity index (χ1n) is 6.80. The van der Waals surface area contributed by atoms with Crippen LogP contribution in [0.3, 0.4) is 0 Å². The second-order valence-electron chi connectivity index (χ2n) is 4.95. The molecule has 0 aliphatic heterocycles. The summed E-state index contributed by atoms with van der Waals surface area (Å²) in [4.78, 5) is 11.4. The zero-order chi connectivity index (χ0) is 19.6. The van der Waals surface area contributed by atoms with Crippen molar-refractivity contribution in [3.63, 3.8) is 0 Å². The predicted octanol–water partition coefficient (Wildman–Crippen LogP) is 6.50. The van der Waals surface area contributed by atoms with Gasteiger partial charge in [-0.05, 0) is 24.3 Å². The molecule has 0 radical (unpaired) electrons. The highest BCUT2D eigenvalue weighted by atomic mass is 35.5. The van der Waals surface area contributed by atoms with Gasteiger partial charge in [-0.25, -0.2) is 4.79 Å². The highest BCUT2D eigenvalue weighted by Crippen LogP contribution is 2.42. The van der Waals surface area contributed by atoms with Crippen LogP contribution >= 0.6 is 46.4 Å². The number of benzene rings is 2. The van der Waals surface area contributed by atoms with Gasteiger partial charge < -0.3 is 9.47 Å². The Bertz CT molecular complexity index is 817. The van der Waals surface area contributed by atoms with E-state index in [2.05, 4.69) is 4.74 Å². The number of alkyl halides is 3. The maximum Gasteiger partial charge on any atom is 0.490 e. The van der Waals surface area contributed by atoms with Crippen molar-refractivity contribution < 1.29 is 27.4 Å². The Morgan fingerprint density at radius 1 is 1.00 bits per heavy atom. The summed E-state index contributed by atoms with van der Waals surface area (Å²) in [5, 5.41) is 0.0766. The quantitative estimate of drug-likeness (QED) is 0.501. The van der Waals surface area contributed by atoms with Gasteiger partial charge in [0, 0.05) is 21.2 Å².